The van der Waals surface area contributed by atoms with Crippen LogP contribution < -0.4 is 10.0 Å². The number of anilines is 1. The molecule has 0 aliphatic carbocycles. The van der Waals surface area contributed by atoms with Crippen molar-refractivity contribution in [3.8, 4) is 11.4 Å². The SMILES string of the molecule is Cc1ccc(C)c(S(=O)(=O)NCCNc2nc(-c3cccnc3)nc(C)c2C)c1. The molecule has 0 aliphatic rings. The van der Waals surface area contributed by atoms with E-state index in [0.717, 1.165) is 27.9 Å². The first-order valence-corrected chi connectivity index (χ1v) is 10.8. The van der Waals surface area contributed by atoms with Crippen molar-refractivity contribution in [2.45, 2.75) is 32.6 Å². The largest absolute Gasteiger partial charge is 0.368 e. The van der Waals surface area contributed by atoms with E-state index in [2.05, 4.69) is 25.0 Å². The molecule has 29 heavy (non-hydrogen) atoms. The standard InChI is InChI=1S/C21H25N5O2S/c1-14-7-8-15(2)19(12-14)29(27,28)24-11-10-23-20-16(3)17(4)25-21(26-20)18-6-5-9-22-13-18/h5-9,12-13,24H,10-11H2,1-4H3,(H,23,25,26). The van der Waals surface area contributed by atoms with Crippen LogP contribution in [0.25, 0.3) is 11.4 Å². The number of aromatic nitrogens is 3. The molecule has 0 radical (unpaired) electrons. The second-order valence-electron chi connectivity index (χ2n) is 6.94. The summed E-state index contributed by atoms with van der Waals surface area (Å²) in [4.78, 5) is 13.5. The fourth-order valence-electron chi connectivity index (χ4n) is 2.87. The molecule has 152 valence electrons. The van der Waals surface area contributed by atoms with E-state index in [4.69, 9.17) is 0 Å². The highest BCUT2D eigenvalue weighted by Crippen LogP contribution is 2.21. The van der Waals surface area contributed by atoms with Gasteiger partial charge in [-0.1, -0.05) is 12.1 Å². The fourth-order valence-corrected chi connectivity index (χ4v) is 4.23. The van der Waals surface area contributed by atoms with Gasteiger partial charge in [0.2, 0.25) is 10.0 Å². The predicted molar refractivity (Wildman–Crippen MR) is 114 cm³/mol. The zero-order valence-electron chi connectivity index (χ0n) is 17.0. The summed E-state index contributed by atoms with van der Waals surface area (Å²) >= 11 is 0. The molecule has 0 unspecified atom stereocenters. The molecule has 8 heteroatoms. The van der Waals surface area contributed by atoms with E-state index in [1.807, 2.05) is 45.0 Å². The summed E-state index contributed by atoms with van der Waals surface area (Å²) in [6.07, 6.45) is 3.41. The second kappa shape index (κ2) is 8.67. The zero-order chi connectivity index (χ0) is 21.0. The van der Waals surface area contributed by atoms with Crippen LogP contribution in [0.1, 0.15) is 22.4 Å². The van der Waals surface area contributed by atoms with Crippen LogP contribution in [0.2, 0.25) is 0 Å². The van der Waals surface area contributed by atoms with Crippen LogP contribution in [0.4, 0.5) is 5.82 Å². The van der Waals surface area contributed by atoms with Crippen LogP contribution in [-0.4, -0.2) is 36.5 Å². The molecule has 0 spiro atoms. The maximum atomic E-state index is 12.6. The predicted octanol–water partition coefficient (Wildman–Crippen LogP) is 3.16. The van der Waals surface area contributed by atoms with Gasteiger partial charge < -0.3 is 5.32 Å². The molecule has 0 saturated carbocycles. The monoisotopic (exact) mass is 411 g/mol. The molecule has 2 heterocycles. The lowest BCUT2D eigenvalue weighted by Gasteiger charge is -2.13. The van der Waals surface area contributed by atoms with Crippen molar-refractivity contribution < 1.29 is 8.42 Å². The highest BCUT2D eigenvalue weighted by Gasteiger charge is 2.16. The van der Waals surface area contributed by atoms with Gasteiger partial charge in [0.05, 0.1) is 4.90 Å². The van der Waals surface area contributed by atoms with Crippen LogP contribution in [0.3, 0.4) is 0 Å². The Hall–Kier alpha value is -2.84. The van der Waals surface area contributed by atoms with Crippen LogP contribution in [0.5, 0.6) is 0 Å². The van der Waals surface area contributed by atoms with Gasteiger partial charge in [-0.3, -0.25) is 4.98 Å². The highest BCUT2D eigenvalue weighted by molar-refractivity contribution is 7.89. The Morgan fingerprint density at radius 1 is 1.00 bits per heavy atom. The first-order chi connectivity index (χ1) is 13.8. The van der Waals surface area contributed by atoms with Gasteiger partial charge >= 0.3 is 0 Å². The van der Waals surface area contributed by atoms with Crippen molar-refractivity contribution in [2.24, 2.45) is 0 Å². The molecule has 0 amide bonds. The Morgan fingerprint density at radius 3 is 2.52 bits per heavy atom. The third kappa shape index (κ3) is 4.96. The van der Waals surface area contributed by atoms with Crippen molar-refractivity contribution in [3.05, 3.63) is 65.1 Å². The number of sulfonamides is 1. The topological polar surface area (TPSA) is 96.9 Å². The van der Waals surface area contributed by atoms with Gasteiger partial charge in [-0.15, -0.1) is 0 Å². The van der Waals surface area contributed by atoms with E-state index in [1.165, 1.54) is 0 Å². The average molecular weight is 412 g/mol. The van der Waals surface area contributed by atoms with E-state index in [0.29, 0.717) is 23.1 Å². The Labute approximate surface area is 171 Å². The van der Waals surface area contributed by atoms with Gasteiger partial charge in [0.15, 0.2) is 5.82 Å². The van der Waals surface area contributed by atoms with Crippen molar-refractivity contribution in [2.75, 3.05) is 18.4 Å². The summed E-state index contributed by atoms with van der Waals surface area (Å²) in [6, 6.07) is 9.14. The summed E-state index contributed by atoms with van der Waals surface area (Å²) in [7, 11) is -3.57. The first-order valence-electron chi connectivity index (χ1n) is 9.34. The number of pyridine rings is 1. The van der Waals surface area contributed by atoms with Gasteiger partial charge in [-0.05, 0) is 57.0 Å². The minimum Gasteiger partial charge on any atom is -0.368 e. The Morgan fingerprint density at radius 2 is 1.79 bits per heavy atom. The molecule has 7 nitrogen and oxygen atoms in total. The maximum absolute atomic E-state index is 12.6. The smallest absolute Gasteiger partial charge is 0.240 e. The number of nitrogens with zero attached hydrogens (tertiary/aromatic N) is 3. The Bertz CT molecular complexity index is 1120. The Kier molecular flexibility index (Phi) is 6.24. The van der Waals surface area contributed by atoms with E-state index in [9.17, 15) is 8.42 Å². The number of nitrogens with one attached hydrogen (secondary N) is 2. The molecule has 0 fully saturated rings. The highest BCUT2D eigenvalue weighted by atomic mass is 32.2. The normalized spacial score (nSPS) is 11.4. The van der Waals surface area contributed by atoms with E-state index >= 15 is 0 Å². The first kappa shape index (κ1) is 20.9. The second-order valence-corrected chi connectivity index (χ2v) is 8.68. The van der Waals surface area contributed by atoms with Crippen molar-refractivity contribution >= 4 is 15.8 Å². The lowest BCUT2D eigenvalue weighted by Crippen LogP contribution is -2.29. The summed E-state index contributed by atoms with van der Waals surface area (Å²) < 4.78 is 27.9. The molecule has 0 aliphatic heterocycles. The summed E-state index contributed by atoms with van der Waals surface area (Å²) in [5.41, 5.74) is 4.24. The summed E-state index contributed by atoms with van der Waals surface area (Å²) in [5, 5.41) is 3.22. The third-order valence-corrected chi connectivity index (χ3v) is 6.25. The van der Waals surface area contributed by atoms with Crippen LogP contribution in [0, 0.1) is 27.7 Å². The minimum absolute atomic E-state index is 0.237. The zero-order valence-corrected chi connectivity index (χ0v) is 17.8. The van der Waals surface area contributed by atoms with Gasteiger partial charge in [0.25, 0.3) is 0 Å². The lowest BCUT2D eigenvalue weighted by molar-refractivity contribution is 0.582. The van der Waals surface area contributed by atoms with Crippen LogP contribution >= 0.6 is 0 Å². The number of rotatable bonds is 7. The number of benzene rings is 1. The van der Waals surface area contributed by atoms with Gasteiger partial charge in [0.1, 0.15) is 5.82 Å². The molecule has 3 rings (SSSR count). The van der Waals surface area contributed by atoms with E-state index < -0.39 is 10.0 Å². The minimum atomic E-state index is -3.57. The van der Waals surface area contributed by atoms with Gasteiger partial charge in [-0.2, -0.15) is 0 Å². The molecule has 0 saturated heterocycles. The number of aryl methyl sites for hydroxylation is 3. The van der Waals surface area contributed by atoms with Crippen molar-refractivity contribution in [1.82, 2.24) is 19.7 Å². The molecular weight excluding hydrogens is 386 g/mol. The molecule has 0 bridgehead atoms. The van der Waals surface area contributed by atoms with Crippen molar-refractivity contribution in [3.63, 3.8) is 0 Å². The van der Waals surface area contributed by atoms with E-state index in [1.54, 1.807) is 25.4 Å². The summed E-state index contributed by atoms with van der Waals surface area (Å²) in [6.45, 7) is 8.16. The van der Waals surface area contributed by atoms with Crippen LogP contribution in [0.15, 0.2) is 47.6 Å². The molecule has 1 aromatic carbocycles. The van der Waals surface area contributed by atoms with Gasteiger partial charge in [0, 0.05) is 42.3 Å². The quantitative estimate of drug-likeness (QED) is 0.580. The maximum Gasteiger partial charge on any atom is 0.240 e. The number of hydrogen-bond acceptors (Lipinski definition) is 6. The van der Waals surface area contributed by atoms with Crippen LogP contribution in [-0.2, 0) is 10.0 Å². The summed E-state index contributed by atoms with van der Waals surface area (Å²) in [5.74, 6) is 1.27. The molecule has 2 N–H and O–H groups in total. The van der Waals surface area contributed by atoms with Crippen molar-refractivity contribution in [1.29, 1.82) is 0 Å². The lowest BCUT2D eigenvalue weighted by atomic mass is 10.2. The molecule has 2 aromatic heterocycles. The third-order valence-electron chi connectivity index (χ3n) is 4.65. The van der Waals surface area contributed by atoms with E-state index in [-0.39, 0.29) is 6.54 Å². The molecular formula is C21H25N5O2S. The fraction of sp³-hybridized carbons (Fsp3) is 0.286. The molecule has 3 aromatic rings. The van der Waals surface area contributed by atoms with Gasteiger partial charge in [-0.25, -0.2) is 23.1 Å². The number of hydrogen-bond donors (Lipinski definition) is 2. The molecule has 0 atom stereocenters. The average Bonchev–Trinajstić information content (AvgIpc) is 2.70. The Balaban J connectivity index is 1.69.